The summed E-state index contributed by atoms with van der Waals surface area (Å²) < 4.78 is 42.2. The van der Waals surface area contributed by atoms with Gasteiger partial charge in [-0.3, -0.25) is 4.79 Å². The molecule has 1 aromatic heterocycles. The zero-order valence-electron chi connectivity index (χ0n) is 17.8. The first-order valence-corrected chi connectivity index (χ1v) is 12.1. The Kier molecular flexibility index (Phi) is 6.86. The first kappa shape index (κ1) is 22.7. The molecule has 33 heavy (non-hydrogen) atoms. The van der Waals surface area contributed by atoms with E-state index < -0.39 is 32.7 Å². The fraction of sp³-hybridized carbons (Fsp3) is 0.160. The van der Waals surface area contributed by atoms with Crippen molar-refractivity contribution in [3.05, 3.63) is 102 Å². The lowest BCUT2D eigenvalue weighted by molar-refractivity contribution is -0.122. The molecule has 6 nitrogen and oxygen atoms in total. The van der Waals surface area contributed by atoms with Crippen LogP contribution in [0.15, 0.2) is 90.0 Å². The van der Waals surface area contributed by atoms with E-state index in [2.05, 4.69) is 15.0 Å². The maximum Gasteiger partial charge on any atom is 0.244 e. The summed E-state index contributed by atoms with van der Waals surface area (Å²) in [5, 5.41) is 3.90. The van der Waals surface area contributed by atoms with Gasteiger partial charge in [-0.05, 0) is 42.2 Å². The van der Waals surface area contributed by atoms with E-state index in [0.29, 0.717) is 13.0 Å². The van der Waals surface area contributed by atoms with Crippen LogP contribution in [0, 0.1) is 5.82 Å². The molecule has 170 valence electrons. The lowest BCUT2D eigenvalue weighted by Gasteiger charge is -2.19. The number of H-pyrrole nitrogens is 1. The van der Waals surface area contributed by atoms with Crippen molar-refractivity contribution in [3.8, 4) is 0 Å². The van der Waals surface area contributed by atoms with Crippen molar-refractivity contribution < 1.29 is 17.6 Å². The van der Waals surface area contributed by atoms with Crippen LogP contribution in [0.25, 0.3) is 10.9 Å². The van der Waals surface area contributed by atoms with Crippen molar-refractivity contribution in [3.63, 3.8) is 0 Å². The van der Waals surface area contributed by atoms with Gasteiger partial charge in [0.2, 0.25) is 15.9 Å². The van der Waals surface area contributed by atoms with Crippen LogP contribution in [0.5, 0.6) is 0 Å². The van der Waals surface area contributed by atoms with Gasteiger partial charge in [0.25, 0.3) is 0 Å². The smallest absolute Gasteiger partial charge is 0.244 e. The van der Waals surface area contributed by atoms with Gasteiger partial charge in [0.1, 0.15) is 16.8 Å². The molecule has 0 saturated heterocycles. The minimum atomic E-state index is -4.24. The predicted molar refractivity (Wildman–Crippen MR) is 126 cm³/mol. The molecule has 0 aliphatic heterocycles. The topological polar surface area (TPSA) is 91.1 Å². The van der Waals surface area contributed by atoms with Crippen molar-refractivity contribution in [2.45, 2.75) is 23.8 Å². The predicted octanol–water partition coefficient (Wildman–Crippen LogP) is 3.56. The minimum Gasteiger partial charge on any atom is -0.361 e. The van der Waals surface area contributed by atoms with Crippen molar-refractivity contribution in [1.82, 2.24) is 15.0 Å². The second-order valence-corrected chi connectivity index (χ2v) is 9.38. The number of benzene rings is 3. The number of aromatic amines is 1. The summed E-state index contributed by atoms with van der Waals surface area (Å²) in [7, 11) is -4.24. The second-order valence-electron chi connectivity index (χ2n) is 7.69. The van der Waals surface area contributed by atoms with E-state index in [9.17, 15) is 17.6 Å². The molecule has 0 aliphatic rings. The van der Waals surface area contributed by atoms with Gasteiger partial charge in [0, 0.05) is 23.6 Å². The highest BCUT2D eigenvalue weighted by Gasteiger charge is 2.27. The van der Waals surface area contributed by atoms with Crippen molar-refractivity contribution >= 4 is 26.8 Å². The maximum absolute atomic E-state index is 14.1. The molecule has 0 aliphatic carbocycles. The minimum absolute atomic E-state index is 0.132. The quantitative estimate of drug-likeness (QED) is 0.353. The van der Waals surface area contributed by atoms with Gasteiger partial charge in [0.05, 0.1) is 0 Å². The second kappa shape index (κ2) is 9.97. The van der Waals surface area contributed by atoms with E-state index in [1.165, 1.54) is 18.2 Å². The molecule has 0 bridgehead atoms. The van der Waals surface area contributed by atoms with Crippen LogP contribution in [0.1, 0.15) is 11.1 Å². The summed E-state index contributed by atoms with van der Waals surface area (Å²) >= 11 is 0. The third kappa shape index (κ3) is 5.47. The van der Waals surface area contributed by atoms with Crippen LogP contribution < -0.4 is 10.0 Å². The summed E-state index contributed by atoms with van der Waals surface area (Å²) in [5.74, 6) is -1.35. The number of hydrogen-bond donors (Lipinski definition) is 3. The van der Waals surface area contributed by atoms with Crippen LogP contribution in [-0.4, -0.2) is 31.9 Å². The monoisotopic (exact) mass is 465 g/mol. The number of rotatable bonds is 9. The molecule has 3 N–H and O–H groups in total. The highest BCUT2D eigenvalue weighted by Crippen LogP contribution is 2.18. The number of sulfonamides is 1. The molecule has 0 saturated carbocycles. The number of fused-ring (bicyclic) bond motifs is 1. The van der Waals surface area contributed by atoms with E-state index in [1.54, 1.807) is 0 Å². The van der Waals surface area contributed by atoms with E-state index in [4.69, 9.17) is 0 Å². The molecule has 1 amide bonds. The summed E-state index contributed by atoms with van der Waals surface area (Å²) in [6.45, 7) is 0.327. The number of halogens is 1. The highest BCUT2D eigenvalue weighted by atomic mass is 32.2. The summed E-state index contributed by atoms with van der Waals surface area (Å²) in [6, 6.07) is 20.9. The average molecular weight is 466 g/mol. The van der Waals surface area contributed by atoms with E-state index in [-0.39, 0.29) is 6.42 Å². The molecule has 1 heterocycles. The zero-order chi connectivity index (χ0) is 23.3. The van der Waals surface area contributed by atoms with E-state index in [1.807, 2.05) is 60.8 Å². The fourth-order valence-corrected chi connectivity index (χ4v) is 5.01. The third-order valence-corrected chi connectivity index (χ3v) is 6.90. The summed E-state index contributed by atoms with van der Waals surface area (Å²) in [6.07, 6.45) is 2.61. The Morgan fingerprint density at radius 2 is 1.64 bits per heavy atom. The molecular formula is C25H24FN3O3S. The number of amides is 1. The van der Waals surface area contributed by atoms with Gasteiger partial charge in [-0.25, -0.2) is 12.8 Å². The van der Waals surface area contributed by atoms with Crippen molar-refractivity contribution in [1.29, 1.82) is 0 Å². The molecule has 0 unspecified atom stereocenters. The summed E-state index contributed by atoms with van der Waals surface area (Å²) in [5.41, 5.74) is 2.85. The number of carbonyl (C=O) groups is 1. The van der Waals surface area contributed by atoms with Crippen LogP contribution in [0.4, 0.5) is 4.39 Å². The molecule has 1 atom stereocenters. The zero-order valence-corrected chi connectivity index (χ0v) is 18.6. The van der Waals surface area contributed by atoms with Gasteiger partial charge in [0.15, 0.2) is 0 Å². The van der Waals surface area contributed by atoms with E-state index >= 15 is 0 Å². The molecule has 0 spiro atoms. The molecule has 4 aromatic rings. The number of aromatic nitrogens is 1. The van der Waals surface area contributed by atoms with Gasteiger partial charge in [-0.15, -0.1) is 0 Å². The van der Waals surface area contributed by atoms with Gasteiger partial charge in [-0.1, -0.05) is 60.7 Å². The molecule has 3 aromatic carbocycles. The molecule has 4 rings (SSSR count). The van der Waals surface area contributed by atoms with Crippen molar-refractivity contribution in [2.75, 3.05) is 6.54 Å². The Hall–Kier alpha value is -3.49. The van der Waals surface area contributed by atoms with Crippen LogP contribution in [0.2, 0.25) is 0 Å². The third-order valence-electron chi connectivity index (χ3n) is 5.39. The Morgan fingerprint density at radius 3 is 2.42 bits per heavy atom. The van der Waals surface area contributed by atoms with Gasteiger partial charge < -0.3 is 10.3 Å². The highest BCUT2D eigenvalue weighted by molar-refractivity contribution is 7.89. The first-order valence-electron chi connectivity index (χ1n) is 10.6. The van der Waals surface area contributed by atoms with Crippen LogP contribution in [0.3, 0.4) is 0 Å². The normalized spacial score (nSPS) is 12.5. The molecule has 8 heteroatoms. The largest absolute Gasteiger partial charge is 0.361 e. The Bertz CT molecular complexity index is 1350. The number of carbonyl (C=O) groups excluding carboxylic acids is 1. The average Bonchev–Trinajstić information content (AvgIpc) is 3.22. The van der Waals surface area contributed by atoms with Crippen LogP contribution >= 0.6 is 0 Å². The van der Waals surface area contributed by atoms with Crippen LogP contribution in [-0.2, 0) is 27.7 Å². The fourth-order valence-electron chi connectivity index (χ4n) is 3.73. The maximum atomic E-state index is 14.1. The van der Waals surface area contributed by atoms with E-state index in [0.717, 1.165) is 28.1 Å². The van der Waals surface area contributed by atoms with Gasteiger partial charge in [-0.2, -0.15) is 4.72 Å². The lowest BCUT2D eigenvalue weighted by atomic mass is 10.1. The molecule has 0 fully saturated rings. The van der Waals surface area contributed by atoms with Crippen molar-refractivity contribution in [2.24, 2.45) is 0 Å². The summed E-state index contributed by atoms with van der Waals surface area (Å²) in [4.78, 5) is 15.7. The first-order chi connectivity index (χ1) is 15.9. The molecule has 0 radical (unpaired) electrons. The Labute approximate surface area is 191 Å². The number of nitrogens with one attached hydrogen (secondary N) is 3. The number of hydrogen-bond acceptors (Lipinski definition) is 3. The SMILES string of the molecule is O=C(NCCc1c[nH]c2ccccc12)[C@@H](Cc1ccccc1)NS(=O)(=O)c1ccccc1F. The lowest BCUT2D eigenvalue weighted by Crippen LogP contribution is -2.48. The Morgan fingerprint density at radius 1 is 0.939 bits per heavy atom. The molecular weight excluding hydrogens is 441 g/mol. The number of para-hydroxylation sites is 1. The van der Waals surface area contributed by atoms with Gasteiger partial charge >= 0.3 is 0 Å². The Balaban J connectivity index is 1.49. The standard InChI is InChI=1S/C25H24FN3O3S/c26-21-11-5-7-13-24(21)33(31,32)29-23(16-18-8-2-1-3-9-18)25(30)27-15-14-19-17-28-22-12-6-4-10-20(19)22/h1-13,17,23,28-29H,14-16H2,(H,27,30)/t23-/m1/s1.